The number of anilines is 1. The first kappa shape index (κ1) is 19.2. The first-order chi connectivity index (χ1) is 13.9. The zero-order valence-corrected chi connectivity index (χ0v) is 17.0. The number of carbonyl (C=O) groups excluding carboxylic acids is 1. The molecule has 1 aliphatic rings. The molecule has 0 aromatic carbocycles. The van der Waals surface area contributed by atoms with Crippen LogP contribution in [0, 0.1) is 0 Å². The lowest BCUT2D eigenvalue weighted by Crippen LogP contribution is -2.47. The molecule has 152 valence electrons. The molecule has 8 heteroatoms. The van der Waals surface area contributed by atoms with Crippen molar-refractivity contribution in [2.75, 3.05) is 18.4 Å². The van der Waals surface area contributed by atoms with Gasteiger partial charge in [-0.05, 0) is 45.7 Å². The van der Waals surface area contributed by atoms with Gasteiger partial charge in [0.2, 0.25) is 0 Å². The molecule has 1 fully saturated rings. The number of hydrogen-bond acceptors (Lipinski definition) is 6. The summed E-state index contributed by atoms with van der Waals surface area (Å²) in [7, 11) is 0. The second kappa shape index (κ2) is 7.69. The molecule has 4 heterocycles. The maximum Gasteiger partial charge on any atom is 0.410 e. The number of hydrogen-bond donors (Lipinski definition) is 1. The molecule has 4 rings (SSSR count). The van der Waals surface area contributed by atoms with E-state index in [0.717, 1.165) is 29.6 Å². The number of carbonyl (C=O) groups is 1. The second-order valence-corrected chi connectivity index (χ2v) is 8.29. The molecular weight excluding hydrogens is 368 g/mol. The molecule has 29 heavy (non-hydrogen) atoms. The molecule has 1 amide bonds. The Kier molecular flexibility index (Phi) is 5.08. The first-order valence-corrected chi connectivity index (χ1v) is 9.88. The van der Waals surface area contributed by atoms with E-state index >= 15 is 0 Å². The van der Waals surface area contributed by atoms with Crippen LogP contribution in [0.5, 0.6) is 0 Å². The molecule has 0 radical (unpaired) electrons. The van der Waals surface area contributed by atoms with Crippen molar-refractivity contribution < 1.29 is 9.53 Å². The van der Waals surface area contributed by atoms with Crippen LogP contribution in [-0.2, 0) is 4.74 Å². The van der Waals surface area contributed by atoms with Gasteiger partial charge in [-0.25, -0.2) is 14.3 Å². The molecule has 1 atom stereocenters. The zero-order valence-electron chi connectivity index (χ0n) is 17.0. The topological polar surface area (TPSA) is 84.6 Å². The quantitative estimate of drug-likeness (QED) is 0.731. The summed E-state index contributed by atoms with van der Waals surface area (Å²) in [6.45, 7) is 6.93. The van der Waals surface area contributed by atoms with Crippen molar-refractivity contribution in [2.24, 2.45) is 0 Å². The van der Waals surface area contributed by atoms with Crippen LogP contribution in [0.4, 0.5) is 10.6 Å². The fourth-order valence-corrected chi connectivity index (χ4v) is 3.49. The minimum absolute atomic E-state index is 0.102. The molecular formula is C21H26N6O2. The molecule has 0 aliphatic carbocycles. The van der Waals surface area contributed by atoms with Crippen molar-refractivity contribution in [3.05, 3.63) is 43.0 Å². The molecule has 0 bridgehead atoms. The van der Waals surface area contributed by atoms with Gasteiger partial charge >= 0.3 is 6.09 Å². The maximum atomic E-state index is 12.4. The number of aromatic nitrogens is 4. The van der Waals surface area contributed by atoms with Crippen molar-refractivity contribution in [1.82, 2.24) is 24.5 Å². The van der Waals surface area contributed by atoms with Gasteiger partial charge in [0.05, 0.1) is 29.8 Å². The number of pyridine rings is 1. The zero-order chi connectivity index (χ0) is 20.4. The van der Waals surface area contributed by atoms with E-state index in [9.17, 15) is 4.79 Å². The minimum atomic E-state index is -0.494. The van der Waals surface area contributed by atoms with Crippen LogP contribution in [0.1, 0.15) is 33.6 Å². The van der Waals surface area contributed by atoms with Gasteiger partial charge in [-0.15, -0.1) is 0 Å². The summed E-state index contributed by atoms with van der Waals surface area (Å²) in [6, 6.07) is 6.02. The van der Waals surface area contributed by atoms with E-state index in [1.54, 1.807) is 23.5 Å². The number of piperidine rings is 1. The number of fused-ring (bicyclic) bond motifs is 1. The Morgan fingerprint density at radius 2 is 2.10 bits per heavy atom. The van der Waals surface area contributed by atoms with E-state index in [1.807, 2.05) is 49.7 Å². The third-order valence-corrected chi connectivity index (χ3v) is 4.76. The normalized spacial score (nSPS) is 17.3. The SMILES string of the molecule is CC(C)(C)OC(=O)N1CCCC(Nc2cncc(-c3cnn4ccccc34)n2)C1. The highest BCUT2D eigenvalue weighted by atomic mass is 16.6. The van der Waals surface area contributed by atoms with Crippen molar-refractivity contribution in [3.63, 3.8) is 0 Å². The number of rotatable bonds is 3. The van der Waals surface area contributed by atoms with Gasteiger partial charge in [-0.1, -0.05) is 6.07 Å². The third kappa shape index (κ3) is 4.47. The van der Waals surface area contributed by atoms with Crippen LogP contribution in [0.3, 0.4) is 0 Å². The second-order valence-electron chi connectivity index (χ2n) is 8.29. The molecule has 1 N–H and O–H groups in total. The number of amides is 1. The van der Waals surface area contributed by atoms with Crippen molar-refractivity contribution in [1.29, 1.82) is 0 Å². The van der Waals surface area contributed by atoms with Gasteiger partial charge in [-0.3, -0.25) is 4.98 Å². The van der Waals surface area contributed by atoms with Gasteiger partial charge in [0.25, 0.3) is 0 Å². The Bertz CT molecular complexity index is 1010. The lowest BCUT2D eigenvalue weighted by molar-refractivity contribution is 0.0206. The van der Waals surface area contributed by atoms with Crippen LogP contribution in [0.15, 0.2) is 43.0 Å². The van der Waals surface area contributed by atoms with Crippen LogP contribution in [0.25, 0.3) is 16.8 Å². The summed E-state index contributed by atoms with van der Waals surface area (Å²) in [4.78, 5) is 23.2. The van der Waals surface area contributed by atoms with Gasteiger partial charge in [0, 0.05) is 30.9 Å². The number of ether oxygens (including phenoxy) is 1. The molecule has 0 spiro atoms. The largest absolute Gasteiger partial charge is 0.444 e. The van der Waals surface area contributed by atoms with Crippen LogP contribution < -0.4 is 5.32 Å². The van der Waals surface area contributed by atoms with Crippen molar-refractivity contribution in [2.45, 2.75) is 45.3 Å². The van der Waals surface area contributed by atoms with Gasteiger partial charge < -0.3 is 15.0 Å². The Hall–Kier alpha value is -3.16. The Balaban J connectivity index is 1.47. The fourth-order valence-electron chi connectivity index (χ4n) is 3.49. The molecule has 0 saturated carbocycles. The van der Waals surface area contributed by atoms with E-state index in [2.05, 4.69) is 15.4 Å². The van der Waals surface area contributed by atoms with E-state index in [0.29, 0.717) is 18.9 Å². The first-order valence-electron chi connectivity index (χ1n) is 9.88. The third-order valence-electron chi connectivity index (χ3n) is 4.76. The van der Waals surface area contributed by atoms with Gasteiger partial charge in [-0.2, -0.15) is 5.10 Å². The van der Waals surface area contributed by atoms with E-state index in [4.69, 9.17) is 9.72 Å². The van der Waals surface area contributed by atoms with Crippen LogP contribution in [-0.4, -0.2) is 55.3 Å². The van der Waals surface area contributed by atoms with Crippen LogP contribution in [0.2, 0.25) is 0 Å². The van der Waals surface area contributed by atoms with Gasteiger partial charge in [0.1, 0.15) is 11.4 Å². The minimum Gasteiger partial charge on any atom is -0.444 e. The predicted octanol–water partition coefficient (Wildman–Crippen LogP) is 3.60. The summed E-state index contributed by atoms with van der Waals surface area (Å²) in [5.74, 6) is 0.689. The van der Waals surface area contributed by atoms with Gasteiger partial charge in [0.15, 0.2) is 0 Å². The lowest BCUT2D eigenvalue weighted by Gasteiger charge is -2.34. The average Bonchev–Trinajstić information content (AvgIpc) is 3.11. The molecule has 1 unspecified atom stereocenters. The highest BCUT2D eigenvalue weighted by Gasteiger charge is 2.27. The summed E-state index contributed by atoms with van der Waals surface area (Å²) in [5, 5.41) is 7.80. The number of nitrogens with zero attached hydrogens (tertiary/aromatic N) is 5. The molecule has 3 aromatic rings. The maximum absolute atomic E-state index is 12.4. The predicted molar refractivity (Wildman–Crippen MR) is 111 cm³/mol. The lowest BCUT2D eigenvalue weighted by atomic mass is 10.1. The average molecular weight is 394 g/mol. The molecule has 8 nitrogen and oxygen atoms in total. The van der Waals surface area contributed by atoms with E-state index in [1.165, 1.54) is 0 Å². The summed E-state index contributed by atoms with van der Waals surface area (Å²) in [5.41, 5.74) is 2.18. The fraction of sp³-hybridized carbons (Fsp3) is 0.429. The Morgan fingerprint density at radius 3 is 2.93 bits per heavy atom. The highest BCUT2D eigenvalue weighted by molar-refractivity contribution is 5.77. The van der Waals surface area contributed by atoms with Crippen LogP contribution >= 0.6 is 0 Å². The molecule has 3 aromatic heterocycles. The standard InChI is InChI=1S/C21H26N6O2/c1-21(2,3)29-20(28)26-9-6-7-15(14-26)24-19-13-22-12-17(25-19)16-11-23-27-10-5-4-8-18(16)27/h4-5,8,10-13,15H,6-7,9,14H2,1-3H3,(H,24,25). The summed E-state index contributed by atoms with van der Waals surface area (Å²) >= 11 is 0. The number of nitrogens with one attached hydrogen (secondary N) is 1. The van der Waals surface area contributed by atoms with Crippen molar-refractivity contribution in [3.8, 4) is 11.3 Å². The Morgan fingerprint density at radius 1 is 1.24 bits per heavy atom. The number of likely N-dealkylation sites (tertiary alicyclic amines) is 1. The monoisotopic (exact) mass is 394 g/mol. The van der Waals surface area contributed by atoms with E-state index in [-0.39, 0.29) is 12.1 Å². The van der Waals surface area contributed by atoms with E-state index < -0.39 is 5.60 Å². The smallest absolute Gasteiger partial charge is 0.410 e. The molecule has 1 saturated heterocycles. The summed E-state index contributed by atoms with van der Waals surface area (Å²) in [6.07, 6.45) is 8.76. The Labute approximate surface area is 169 Å². The highest BCUT2D eigenvalue weighted by Crippen LogP contribution is 2.24. The van der Waals surface area contributed by atoms with Crippen molar-refractivity contribution >= 4 is 17.4 Å². The molecule has 1 aliphatic heterocycles. The summed E-state index contributed by atoms with van der Waals surface area (Å²) < 4.78 is 7.32.